The van der Waals surface area contributed by atoms with E-state index in [0.717, 1.165) is 43.4 Å². The van der Waals surface area contributed by atoms with Crippen LogP contribution in [-0.4, -0.2) is 47.9 Å². The first-order valence-electron chi connectivity index (χ1n) is 6.76. The number of hydrogen-bond donors (Lipinski definition) is 1. The van der Waals surface area contributed by atoms with E-state index in [1.807, 2.05) is 4.90 Å². The summed E-state index contributed by atoms with van der Waals surface area (Å²) in [6.07, 6.45) is 3.56. The third kappa shape index (κ3) is 3.90. The Morgan fingerprint density at radius 2 is 2.11 bits per heavy atom. The molecule has 5 heteroatoms. The van der Waals surface area contributed by atoms with E-state index in [0.29, 0.717) is 6.54 Å². The first kappa shape index (κ1) is 13.7. The van der Waals surface area contributed by atoms with Gasteiger partial charge in [0.15, 0.2) is 5.17 Å². The fourth-order valence-corrected chi connectivity index (χ4v) is 3.10. The molecule has 2 heterocycles. The molecule has 0 bridgehead atoms. The van der Waals surface area contributed by atoms with Gasteiger partial charge in [0, 0.05) is 25.4 Å². The fraction of sp³-hybridized carbons (Fsp3) is 0.846. The Morgan fingerprint density at radius 3 is 2.72 bits per heavy atom. The summed E-state index contributed by atoms with van der Waals surface area (Å²) in [4.78, 5) is 18.4. The minimum Gasteiger partial charge on any atom is -0.356 e. The van der Waals surface area contributed by atoms with E-state index in [4.69, 9.17) is 0 Å². The molecule has 0 saturated carbocycles. The minimum absolute atomic E-state index is 0.211. The number of carbonyl (C=O) groups is 1. The number of rotatable bonds is 2. The summed E-state index contributed by atoms with van der Waals surface area (Å²) >= 11 is 1.73. The smallest absolute Gasteiger partial charge is 0.241 e. The number of thioether (sulfide) groups is 1. The number of carbonyl (C=O) groups excluding carboxylic acids is 1. The SMILES string of the molecule is CC1(C)CN=C(NCC(=O)N2CCCCC2)SC1. The lowest BCUT2D eigenvalue weighted by Crippen LogP contribution is -2.43. The average molecular weight is 269 g/mol. The predicted molar refractivity (Wildman–Crippen MR) is 77.0 cm³/mol. The quantitative estimate of drug-likeness (QED) is 0.830. The van der Waals surface area contributed by atoms with Crippen molar-refractivity contribution in [1.29, 1.82) is 0 Å². The van der Waals surface area contributed by atoms with Gasteiger partial charge in [-0.15, -0.1) is 0 Å². The lowest BCUT2D eigenvalue weighted by Gasteiger charge is -2.29. The Bertz CT molecular complexity index is 335. The van der Waals surface area contributed by atoms with Crippen molar-refractivity contribution < 1.29 is 4.79 Å². The second-order valence-electron chi connectivity index (χ2n) is 5.87. The summed E-state index contributed by atoms with van der Waals surface area (Å²) in [7, 11) is 0. The van der Waals surface area contributed by atoms with Gasteiger partial charge < -0.3 is 10.2 Å². The van der Waals surface area contributed by atoms with Crippen LogP contribution in [0.25, 0.3) is 0 Å². The highest BCUT2D eigenvalue weighted by molar-refractivity contribution is 8.13. The van der Waals surface area contributed by atoms with Crippen molar-refractivity contribution in [2.75, 3.05) is 31.9 Å². The molecule has 0 aromatic heterocycles. The van der Waals surface area contributed by atoms with Gasteiger partial charge in [-0.3, -0.25) is 9.79 Å². The molecular weight excluding hydrogens is 246 g/mol. The Morgan fingerprint density at radius 1 is 1.39 bits per heavy atom. The zero-order valence-electron chi connectivity index (χ0n) is 11.4. The van der Waals surface area contributed by atoms with E-state index < -0.39 is 0 Å². The summed E-state index contributed by atoms with van der Waals surface area (Å²) in [5.41, 5.74) is 0.284. The Labute approximate surface area is 114 Å². The minimum atomic E-state index is 0.211. The molecule has 0 atom stereocenters. The van der Waals surface area contributed by atoms with Crippen molar-refractivity contribution in [2.24, 2.45) is 10.4 Å². The highest BCUT2D eigenvalue weighted by Crippen LogP contribution is 2.26. The van der Waals surface area contributed by atoms with Crippen molar-refractivity contribution in [3.8, 4) is 0 Å². The van der Waals surface area contributed by atoms with Gasteiger partial charge in [-0.2, -0.15) is 0 Å². The normalized spacial score (nSPS) is 23.4. The maximum Gasteiger partial charge on any atom is 0.241 e. The first-order chi connectivity index (χ1) is 8.57. The topological polar surface area (TPSA) is 44.7 Å². The van der Waals surface area contributed by atoms with Crippen LogP contribution in [-0.2, 0) is 4.79 Å². The highest BCUT2D eigenvalue weighted by Gasteiger charge is 2.24. The Kier molecular flexibility index (Phi) is 4.54. The van der Waals surface area contributed by atoms with E-state index in [9.17, 15) is 4.79 Å². The molecule has 0 aromatic carbocycles. The summed E-state index contributed by atoms with van der Waals surface area (Å²) < 4.78 is 0. The van der Waals surface area contributed by atoms with Crippen LogP contribution in [0.4, 0.5) is 0 Å². The second-order valence-corrected chi connectivity index (χ2v) is 6.83. The summed E-state index contributed by atoms with van der Waals surface area (Å²) in [5, 5.41) is 4.11. The Balaban J connectivity index is 1.74. The first-order valence-corrected chi connectivity index (χ1v) is 7.74. The van der Waals surface area contributed by atoms with Crippen LogP contribution in [0, 0.1) is 5.41 Å². The van der Waals surface area contributed by atoms with Crippen molar-refractivity contribution in [3.05, 3.63) is 0 Å². The summed E-state index contributed by atoms with van der Waals surface area (Å²) in [6, 6.07) is 0. The number of nitrogens with zero attached hydrogens (tertiary/aromatic N) is 2. The summed E-state index contributed by atoms with van der Waals surface area (Å²) in [5.74, 6) is 1.28. The number of nitrogens with one attached hydrogen (secondary N) is 1. The van der Waals surface area contributed by atoms with E-state index in [2.05, 4.69) is 24.2 Å². The van der Waals surface area contributed by atoms with Crippen LogP contribution >= 0.6 is 11.8 Å². The molecule has 1 fully saturated rings. The van der Waals surface area contributed by atoms with E-state index >= 15 is 0 Å². The molecule has 0 aliphatic carbocycles. The van der Waals surface area contributed by atoms with Crippen LogP contribution in [0.15, 0.2) is 4.99 Å². The molecule has 2 aliphatic heterocycles. The number of amidine groups is 1. The Hall–Kier alpha value is -0.710. The molecule has 0 aromatic rings. The lowest BCUT2D eigenvalue weighted by atomic mass is 9.97. The molecule has 2 aliphatic rings. The van der Waals surface area contributed by atoms with Gasteiger partial charge in [-0.1, -0.05) is 25.6 Å². The van der Waals surface area contributed by atoms with Gasteiger partial charge in [0.2, 0.25) is 5.91 Å². The van der Waals surface area contributed by atoms with E-state index in [1.165, 1.54) is 6.42 Å². The largest absolute Gasteiger partial charge is 0.356 e. The maximum atomic E-state index is 12.0. The van der Waals surface area contributed by atoms with E-state index in [-0.39, 0.29) is 11.3 Å². The van der Waals surface area contributed by atoms with Crippen molar-refractivity contribution in [3.63, 3.8) is 0 Å². The lowest BCUT2D eigenvalue weighted by molar-refractivity contribution is -0.130. The van der Waals surface area contributed by atoms with Crippen LogP contribution in [0.5, 0.6) is 0 Å². The van der Waals surface area contributed by atoms with Gasteiger partial charge in [-0.25, -0.2) is 0 Å². The molecule has 1 amide bonds. The molecule has 0 spiro atoms. The predicted octanol–water partition coefficient (Wildman–Crippen LogP) is 1.72. The number of piperidine rings is 1. The number of hydrogen-bond acceptors (Lipinski definition) is 4. The van der Waals surface area contributed by atoms with Crippen LogP contribution < -0.4 is 5.32 Å². The van der Waals surface area contributed by atoms with Gasteiger partial charge in [0.05, 0.1) is 6.54 Å². The maximum absolute atomic E-state index is 12.0. The van der Waals surface area contributed by atoms with Crippen LogP contribution in [0.3, 0.4) is 0 Å². The second kappa shape index (κ2) is 5.95. The number of aliphatic imine (C=N–C) groups is 1. The molecule has 1 N–H and O–H groups in total. The van der Waals surface area contributed by atoms with Crippen LogP contribution in [0.1, 0.15) is 33.1 Å². The number of likely N-dealkylation sites (tertiary alicyclic amines) is 1. The molecule has 0 unspecified atom stereocenters. The fourth-order valence-electron chi connectivity index (χ4n) is 2.15. The zero-order chi connectivity index (χ0) is 13.0. The molecular formula is C13H23N3OS. The third-order valence-electron chi connectivity index (χ3n) is 3.35. The van der Waals surface area contributed by atoms with Gasteiger partial charge in [0.1, 0.15) is 0 Å². The third-order valence-corrected chi connectivity index (χ3v) is 4.82. The van der Waals surface area contributed by atoms with Gasteiger partial charge in [-0.05, 0) is 24.7 Å². The van der Waals surface area contributed by atoms with Crippen molar-refractivity contribution >= 4 is 22.8 Å². The van der Waals surface area contributed by atoms with E-state index in [1.54, 1.807) is 11.8 Å². The molecule has 18 heavy (non-hydrogen) atoms. The average Bonchev–Trinajstić information content (AvgIpc) is 2.38. The monoisotopic (exact) mass is 269 g/mol. The van der Waals surface area contributed by atoms with Gasteiger partial charge in [0.25, 0.3) is 0 Å². The van der Waals surface area contributed by atoms with Crippen molar-refractivity contribution in [2.45, 2.75) is 33.1 Å². The zero-order valence-corrected chi connectivity index (χ0v) is 12.2. The molecule has 4 nitrogen and oxygen atoms in total. The molecule has 102 valence electrons. The molecule has 0 radical (unpaired) electrons. The summed E-state index contributed by atoms with van der Waals surface area (Å²) in [6.45, 7) is 7.53. The highest BCUT2D eigenvalue weighted by atomic mass is 32.2. The number of amides is 1. The van der Waals surface area contributed by atoms with Crippen LogP contribution in [0.2, 0.25) is 0 Å². The van der Waals surface area contributed by atoms with Gasteiger partial charge >= 0.3 is 0 Å². The standard InChI is InChI=1S/C13H23N3OS/c1-13(2)9-15-12(18-10-13)14-8-11(17)16-6-4-3-5-7-16/h3-10H2,1-2H3,(H,14,15). The molecule has 2 rings (SSSR count). The molecule has 1 saturated heterocycles. The van der Waals surface area contributed by atoms with Crippen molar-refractivity contribution in [1.82, 2.24) is 10.2 Å².